The number of ether oxygens (including phenoxy) is 1. The van der Waals surface area contributed by atoms with E-state index in [0.29, 0.717) is 0 Å². The van der Waals surface area contributed by atoms with Crippen LogP contribution in [-0.2, 0) is 7.05 Å². The first-order valence-electron chi connectivity index (χ1n) is 3.47. The van der Waals surface area contributed by atoms with E-state index in [4.69, 9.17) is 4.74 Å². The first-order chi connectivity index (χ1) is 4.68. The molecule has 0 fully saturated rings. The van der Waals surface area contributed by atoms with E-state index in [1.54, 1.807) is 0 Å². The highest BCUT2D eigenvalue weighted by atomic mass is 16.5. The van der Waals surface area contributed by atoms with E-state index in [-0.39, 0.29) is 6.10 Å². The largest absolute Gasteiger partial charge is 0.489 e. The Bertz CT molecular complexity index is 203. The number of rotatable bonds is 2. The fourth-order valence-corrected chi connectivity index (χ4v) is 0.820. The molecule has 0 unspecified atom stereocenters. The lowest BCUT2D eigenvalue weighted by molar-refractivity contribution is 0.242. The van der Waals surface area contributed by atoms with E-state index < -0.39 is 0 Å². The van der Waals surface area contributed by atoms with Gasteiger partial charge in [0.15, 0.2) is 0 Å². The summed E-state index contributed by atoms with van der Waals surface area (Å²) in [6.07, 6.45) is 4.19. The van der Waals surface area contributed by atoms with Crippen LogP contribution in [-0.4, -0.2) is 10.7 Å². The molecule has 56 valence electrons. The fourth-order valence-electron chi connectivity index (χ4n) is 0.820. The second kappa shape index (κ2) is 2.78. The molecule has 2 nitrogen and oxygen atoms in total. The maximum Gasteiger partial charge on any atom is 0.137 e. The van der Waals surface area contributed by atoms with Crippen molar-refractivity contribution >= 4 is 0 Å². The maximum atomic E-state index is 5.41. The number of aryl methyl sites for hydroxylation is 1. The molecule has 1 heterocycles. The molecule has 0 saturated heterocycles. The molecule has 2 heteroatoms. The van der Waals surface area contributed by atoms with E-state index in [0.717, 1.165) is 5.75 Å². The molecule has 0 aliphatic rings. The highest BCUT2D eigenvalue weighted by Gasteiger charge is 1.96. The molecule has 0 spiro atoms. The van der Waals surface area contributed by atoms with Crippen molar-refractivity contribution in [1.82, 2.24) is 4.57 Å². The van der Waals surface area contributed by atoms with Crippen LogP contribution in [0.2, 0.25) is 0 Å². The van der Waals surface area contributed by atoms with Gasteiger partial charge < -0.3 is 9.30 Å². The van der Waals surface area contributed by atoms with Gasteiger partial charge in [-0.05, 0) is 19.9 Å². The third-order valence-electron chi connectivity index (χ3n) is 1.18. The SMILES string of the molecule is CC(C)Oc1ccn(C)c1. The molecular weight excluding hydrogens is 126 g/mol. The van der Waals surface area contributed by atoms with Crippen molar-refractivity contribution in [2.45, 2.75) is 20.0 Å². The van der Waals surface area contributed by atoms with E-state index in [1.165, 1.54) is 0 Å². The number of hydrogen-bond donors (Lipinski definition) is 0. The number of hydrogen-bond acceptors (Lipinski definition) is 1. The maximum absolute atomic E-state index is 5.41. The Morgan fingerprint density at radius 1 is 1.50 bits per heavy atom. The van der Waals surface area contributed by atoms with Crippen LogP contribution in [0.3, 0.4) is 0 Å². The molecule has 1 aromatic heterocycles. The van der Waals surface area contributed by atoms with Gasteiger partial charge in [0, 0.05) is 19.4 Å². The van der Waals surface area contributed by atoms with Crippen molar-refractivity contribution in [3.63, 3.8) is 0 Å². The lowest BCUT2D eigenvalue weighted by Crippen LogP contribution is -2.04. The van der Waals surface area contributed by atoms with Crippen molar-refractivity contribution in [2.75, 3.05) is 0 Å². The Balaban J connectivity index is 2.58. The minimum atomic E-state index is 0.266. The first-order valence-corrected chi connectivity index (χ1v) is 3.47. The Hall–Kier alpha value is -0.920. The summed E-state index contributed by atoms with van der Waals surface area (Å²) < 4.78 is 7.38. The molecule has 0 N–H and O–H groups in total. The van der Waals surface area contributed by atoms with Crippen LogP contribution in [0.4, 0.5) is 0 Å². The number of nitrogens with zero attached hydrogens (tertiary/aromatic N) is 1. The van der Waals surface area contributed by atoms with Crippen LogP contribution in [0.25, 0.3) is 0 Å². The first kappa shape index (κ1) is 7.19. The summed E-state index contributed by atoms with van der Waals surface area (Å²) in [4.78, 5) is 0. The van der Waals surface area contributed by atoms with Gasteiger partial charge in [0.2, 0.25) is 0 Å². The van der Waals surface area contributed by atoms with Gasteiger partial charge in [0.1, 0.15) is 5.75 Å². The number of aromatic nitrogens is 1. The van der Waals surface area contributed by atoms with Gasteiger partial charge in [-0.25, -0.2) is 0 Å². The quantitative estimate of drug-likeness (QED) is 0.609. The van der Waals surface area contributed by atoms with E-state index in [2.05, 4.69) is 0 Å². The van der Waals surface area contributed by atoms with E-state index in [1.807, 2.05) is 43.9 Å². The molecule has 0 aliphatic carbocycles. The predicted molar refractivity (Wildman–Crippen MR) is 41.2 cm³/mol. The average Bonchev–Trinajstić information content (AvgIpc) is 2.13. The van der Waals surface area contributed by atoms with Gasteiger partial charge in [0.25, 0.3) is 0 Å². The molecule has 1 aromatic rings. The molecule has 1 rings (SSSR count). The topological polar surface area (TPSA) is 14.2 Å². The predicted octanol–water partition coefficient (Wildman–Crippen LogP) is 1.81. The summed E-state index contributed by atoms with van der Waals surface area (Å²) in [5.41, 5.74) is 0. The Morgan fingerprint density at radius 2 is 2.20 bits per heavy atom. The normalized spacial score (nSPS) is 10.4. The van der Waals surface area contributed by atoms with Crippen LogP contribution in [0, 0.1) is 0 Å². The highest BCUT2D eigenvalue weighted by Crippen LogP contribution is 2.10. The zero-order valence-electron chi connectivity index (χ0n) is 6.66. The third-order valence-corrected chi connectivity index (χ3v) is 1.18. The minimum absolute atomic E-state index is 0.266. The van der Waals surface area contributed by atoms with Gasteiger partial charge in [-0.1, -0.05) is 0 Å². The Labute approximate surface area is 61.4 Å². The monoisotopic (exact) mass is 139 g/mol. The summed E-state index contributed by atoms with van der Waals surface area (Å²) in [5.74, 6) is 0.942. The summed E-state index contributed by atoms with van der Waals surface area (Å²) in [7, 11) is 1.98. The molecule has 0 atom stereocenters. The van der Waals surface area contributed by atoms with Gasteiger partial charge in [0.05, 0.1) is 6.10 Å². The minimum Gasteiger partial charge on any atom is -0.489 e. The zero-order chi connectivity index (χ0) is 7.56. The van der Waals surface area contributed by atoms with Crippen LogP contribution in [0.1, 0.15) is 13.8 Å². The summed E-state index contributed by atoms with van der Waals surface area (Å²) in [5, 5.41) is 0. The van der Waals surface area contributed by atoms with Crippen molar-refractivity contribution in [3.8, 4) is 5.75 Å². The molecule has 0 radical (unpaired) electrons. The fraction of sp³-hybridized carbons (Fsp3) is 0.500. The molecular formula is C8H13NO. The van der Waals surface area contributed by atoms with Crippen LogP contribution in [0.5, 0.6) is 5.75 Å². The molecule has 10 heavy (non-hydrogen) atoms. The molecule has 0 saturated carbocycles. The third kappa shape index (κ3) is 1.79. The van der Waals surface area contributed by atoms with Crippen molar-refractivity contribution in [1.29, 1.82) is 0 Å². The van der Waals surface area contributed by atoms with Crippen LogP contribution in [0.15, 0.2) is 18.5 Å². The zero-order valence-corrected chi connectivity index (χ0v) is 6.66. The average molecular weight is 139 g/mol. The van der Waals surface area contributed by atoms with E-state index in [9.17, 15) is 0 Å². The summed E-state index contributed by atoms with van der Waals surface area (Å²) in [6, 6.07) is 1.96. The summed E-state index contributed by atoms with van der Waals surface area (Å²) in [6.45, 7) is 4.04. The van der Waals surface area contributed by atoms with Crippen molar-refractivity contribution in [2.24, 2.45) is 7.05 Å². The van der Waals surface area contributed by atoms with Crippen LogP contribution >= 0.6 is 0 Å². The van der Waals surface area contributed by atoms with Crippen molar-refractivity contribution < 1.29 is 4.74 Å². The highest BCUT2D eigenvalue weighted by molar-refractivity contribution is 5.17. The van der Waals surface area contributed by atoms with Gasteiger partial charge in [-0.2, -0.15) is 0 Å². The smallest absolute Gasteiger partial charge is 0.137 e. The Morgan fingerprint density at radius 3 is 2.60 bits per heavy atom. The molecule has 0 amide bonds. The lowest BCUT2D eigenvalue weighted by Gasteiger charge is -2.05. The van der Waals surface area contributed by atoms with Gasteiger partial charge in [-0.15, -0.1) is 0 Å². The van der Waals surface area contributed by atoms with Crippen LogP contribution < -0.4 is 4.74 Å². The lowest BCUT2D eigenvalue weighted by atomic mass is 10.5. The van der Waals surface area contributed by atoms with Gasteiger partial charge in [-0.3, -0.25) is 0 Å². The van der Waals surface area contributed by atoms with Gasteiger partial charge >= 0.3 is 0 Å². The molecule has 0 aromatic carbocycles. The standard InChI is InChI=1S/C8H13NO/c1-7(2)10-8-4-5-9(3)6-8/h4-7H,1-3H3. The second-order valence-electron chi connectivity index (χ2n) is 2.68. The Kier molecular flexibility index (Phi) is 2.00. The summed E-state index contributed by atoms with van der Waals surface area (Å²) >= 11 is 0. The van der Waals surface area contributed by atoms with E-state index >= 15 is 0 Å². The molecule has 0 aliphatic heterocycles. The molecule has 0 bridgehead atoms. The second-order valence-corrected chi connectivity index (χ2v) is 2.68. The van der Waals surface area contributed by atoms with Crippen molar-refractivity contribution in [3.05, 3.63) is 18.5 Å².